The summed E-state index contributed by atoms with van der Waals surface area (Å²) in [6.45, 7) is 4.12. The molecule has 0 saturated heterocycles. The molecule has 0 bridgehead atoms. The van der Waals surface area contributed by atoms with Crippen LogP contribution in [0.2, 0.25) is 0 Å². The Balaban J connectivity index is 2.13. The molecule has 0 atom stereocenters. The maximum Gasteiger partial charge on any atom is 0.340 e. The molecular weight excluding hydrogens is 336 g/mol. The number of ether oxygens (including phenoxy) is 2. The molecular formula is C19H22N2O5. The molecule has 7 nitrogen and oxygen atoms in total. The molecule has 0 fully saturated rings. The van der Waals surface area contributed by atoms with Crippen molar-refractivity contribution in [1.82, 2.24) is 4.57 Å². The van der Waals surface area contributed by atoms with Crippen LogP contribution >= 0.6 is 0 Å². The van der Waals surface area contributed by atoms with Crippen LogP contribution in [0.4, 0.5) is 5.69 Å². The van der Waals surface area contributed by atoms with Crippen LogP contribution in [0.15, 0.2) is 47.4 Å². The summed E-state index contributed by atoms with van der Waals surface area (Å²) in [5, 5.41) is 2.65. The smallest absolute Gasteiger partial charge is 0.340 e. The van der Waals surface area contributed by atoms with Gasteiger partial charge in [0.2, 0.25) is 5.91 Å². The number of nitrogens with zero attached hydrogens (tertiary/aromatic N) is 1. The molecule has 2 aromatic rings. The van der Waals surface area contributed by atoms with Crippen molar-refractivity contribution in [3.05, 3.63) is 58.5 Å². The lowest BCUT2D eigenvalue weighted by atomic mass is 10.2. The van der Waals surface area contributed by atoms with Gasteiger partial charge in [-0.1, -0.05) is 19.1 Å². The first-order chi connectivity index (χ1) is 12.6. The van der Waals surface area contributed by atoms with E-state index in [4.69, 9.17) is 9.47 Å². The lowest BCUT2D eigenvalue weighted by molar-refractivity contribution is -0.116. The molecule has 0 aliphatic rings. The van der Waals surface area contributed by atoms with E-state index in [1.54, 1.807) is 43.3 Å². The van der Waals surface area contributed by atoms with E-state index >= 15 is 0 Å². The Morgan fingerprint density at radius 3 is 2.62 bits per heavy atom. The van der Waals surface area contributed by atoms with Gasteiger partial charge in [-0.3, -0.25) is 9.59 Å². The van der Waals surface area contributed by atoms with Crippen molar-refractivity contribution in [3.63, 3.8) is 0 Å². The molecule has 1 heterocycles. The highest BCUT2D eigenvalue weighted by Gasteiger charge is 2.15. The number of amides is 1. The van der Waals surface area contributed by atoms with Crippen LogP contribution in [0.1, 0.15) is 30.6 Å². The molecule has 1 aromatic carbocycles. The normalized spacial score (nSPS) is 10.2. The van der Waals surface area contributed by atoms with E-state index in [2.05, 4.69) is 5.32 Å². The number of carbonyl (C=O) groups is 2. The van der Waals surface area contributed by atoms with Gasteiger partial charge in [-0.2, -0.15) is 0 Å². The van der Waals surface area contributed by atoms with Crippen LogP contribution in [0, 0.1) is 0 Å². The number of para-hydroxylation sites is 1. The van der Waals surface area contributed by atoms with Crippen molar-refractivity contribution in [2.45, 2.75) is 26.8 Å². The summed E-state index contributed by atoms with van der Waals surface area (Å²) in [5.74, 6) is -0.749. The molecule has 26 heavy (non-hydrogen) atoms. The van der Waals surface area contributed by atoms with Crippen molar-refractivity contribution in [3.8, 4) is 5.75 Å². The standard InChI is InChI=1S/C19H22N2O5/c1-3-12-26-16-10-7-11-21(18(16)23)13-17(22)20-15-9-6-5-8-14(15)19(24)25-4-2/h5-11H,3-4,12-13H2,1-2H3,(H,20,22). The molecule has 0 spiro atoms. The zero-order valence-electron chi connectivity index (χ0n) is 14.9. The van der Waals surface area contributed by atoms with Gasteiger partial charge >= 0.3 is 5.97 Å². The number of esters is 1. The number of nitrogens with one attached hydrogen (secondary N) is 1. The number of benzene rings is 1. The third-order valence-electron chi connectivity index (χ3n) is 3.46. The second-order valence-corrected chi connectivity index (χ2v) is 5.47. The number of carbonyl (C=O) groups excluding carboxylic acids is 2. The maximum atomic E-state index is 12.3. The Labute approximate surface area is 151 Å². The summed E-state index contributed by atoms with van der Waals surface area (Å²) < 4.78 is 11.6. The minimum Gasteiger partial charge on any atom is -0.488 e. The highest BCUT2D eigenvalue weighted by Crippen LogP contribution is 2.16. The van der Waals surface area contributed by atoms with E-state index in [1.165, 1.54) is 10.8 Å². The van der Waals surface area contributed by atoms with Crippen LogP contribution in [0.3, 0.4) is 0 Å². The summed E-state index contributed by atoms with van der Waals surface area (Å²) in [6, 6.07) is 9.77. The molecule has 0 saturated carbocycles. The number of aromatic nitrogens is 1. The second-order valence-electron chi connectivity index (χ2n) is 5.47. The van der Waals surface area contributed by atoms with Crippen molar-refractivity contribution in [2.24, 2.45) is 0 Å². The molecule has 0 aliphatic carbocycles. The number of pyridine rings is 1. The van der Waals surface area contributed by atoms with Gasteiger partial charge in [-0.15, -0.1) is 0 Å². The number of rotatable bonds is 8. The summed E-state index contributed by atoms with van der Waals surface area (Å²) in [7, 11) is 0. The van der Waals surface area contributed by atoms with E-state index in [-0.39, 0.29) is 30.0 Å². The third-order valence-corrected chi connectivity index (χ3v) is 3.46. The minimum absolute atomic E-state index is 0.195. The van der Waals surface area contributed by atoms with Crippen molar-refractivity contribution in [2.75, 3.05) is 18.5 Å². The topological polar surface area (TPSA) is 86.6 Å². The molecule has 0 unspecified atom stereocenters. The number of hydrogen-bond donors (Lipinski definition) is 1. The predicted molar refractivity (Wildman–Crippen MR) is 97.5 cm³/mol. The van der Waals surface area contributed by atoms with E-state index in [0.29, 0.717) is 12.3 Å². The highest BCUT2D eigenvalue weighted by molar-refractivity contribution is 6.01. The Bertz CT molecular complexity index is 829. The van der Waals surface area contributed by atoms with E-state index in [0.717, 1.165) is 6.42 Å². The molecule has 7 heteroatoms. The van der Waals surface area contributed by atoms with Gasteiger partial charge in [0, 0.05) is 6.20 Å². The third kappa shape index (κ3) is 4.95. The zero-order valence-corrected chi connectivity index (χ0v) is 14.9. The number of hydrogen-bond acceptors (Lipinski definition) is 5. The van der Waals surface area contributed by atoms with E-state index in [9.17, 15) is 14.4 Å². The first-order valence-electron chi connectivity index (χ1n) is 8.45. The van der Waals surface area contributed by atoms with Gasteiger partial charge in [0.05, 0.1) is 24.5 Å². The van der Waals surface area contributed by atoms with Gasteiger partial charge in [-0.05, 0) is 37.6 Å². The molecule has 1 amide bonds. The Morgan fingerprint density at radius 1 is 1.12 bits per heavy atom. The molecule has 1 aromatic heterocycles. The monoisotopic (exact) mass is 358 g/mol. The molecule has 0 radical (unpaired) electrons. The quantitative estimate of drug-likeness (QED) is 0.733. The largest absolute Gasteiger partial charge is 0.488 e. The highest BCUT2D eigenvalue weighted by atomic mass is 16.5. The fourth-order valence-electron chi connectivity index (χ4n) is 2.28. The number of anilines is 1. The SMILES string of the molecule is CCCOc1cccn(CC(=O)Nc2ccccc2C(=O)OCC)c1=O. The maximum absolute atomic E-state index is 12.3. The predicted octanol–water partition coefficient (Wildman–Crippen LogP) is 2.45. The first kappa shape index (κ1) is 19.2. The van der Waals surface area contributed by atoms with Gasteiger partial charge in [-0.25, -0.2) is 4.79 Å². The van der Waals surface area contributed by atoms with Crippen molar-refractivity contribution < 1.29 is 19.1 Å². The fraction of sp³-hybridized carbons (Fsp3) is 0.316. The Hall–Kier alpha value is -3.09. The van der Waals surface area contributed by atoms with E-state index in [1.807, 2.05) is 6.92 Å². The summed E-state index contributed by atoms with van der Waals surface area (Å²) in [6.07, 6.45) is 2.29. The molecule has 138 valence electrons. The van der Waals surface area contributed by atoms with Gasteiger partial charge in [0.25, 0.3) is 5.56 Å². The summed E-state index contributed by atoms with van der Waals surface area (Å²) >= 11 is 0. The average Bonchev–Trinajstić information content (AvgIpc) is 2.63. The average molecular weight is 358 g/mol. The fourth-order valence-corrected chi connectivity index (χ4v) is 2.28. The molecule has 1 N–H and O–H groups in total. The Kier molecular flexibility index (Phi) is 6.96. The van der Waals surface area contributed by atoms with Crippen molar-refractivity contribution >= 4 is 17.6 Å². The van der Waals surface area contributed by atoms with Crippen LogP contribution in [0.5, 0.6) is 5.75 Å². The van der Waals surface area contributed by atoms with Crippen molar-refractivity contribution in [1.29, 1.82) is 0 Å². The second kappa shape index (κ2) is 9.41. The summed E-state index contributed by atoms with van der Waals surface area (Å²) in [4.78, 5) is 36.6. The molecule has 2 rings (SSSR count). The van der Waals surface area contributed by atoms with E-state index < -0.39 is 11.9 Å². The summed E-state index contributed by atoms with van der Waals surface area (Å²) in [5.41, 5.74) is 0.215. The van der Waals surface area contributed by atoms with Gasteiger partial charge in [0.1, 0.15) is 6.54 Å². The zero-order chi connectivity index (χ0) is 18.9. The van der Waals surface area contributed by atoms with Crippen LogP contribution in [-0.4, -0.2) is 29.7 Å². The van der Waals surface area contributed by atoms with Gasteiger partial charge < -0.3 is 19.4 Å². The minimum atomic E-state index is -0.518. The van der Waals surface area contributed by atoms with Gasteiger partial charge in [0.15, 0.2) is 5.75 Å². The molecule has 0 aliphatic heterocycles. The van der Waals surface area contributed by atoms with Crippen LogP contribution in [0.25, 0.3) is 0 Å². The lowest BCUT2D eigenvalue weighted by Crippen LogP contribution is -2.28. The Morgan fingerprint density at radius 2 is 1.88 bits per heavy atom. The first-order valence-corrected chi connectivity index (χ1v) is 8.45. The lowest BCUT2D eigenvalue weighted by Gasteiger charge is -2.12. The van der Waals surface area contributed by atoms with Crippen LogP contribution in [-0.2, 0) is 16.1 Å². The van der Waals surface area contributed by atoms with Crippen LogP contribution < -0.4 is 15.6 Å².